The molecule has 2 unspecified atom stereocenters. The van der Waals surface area contributed by atoms with Gasteiger partial charge >= 0.3 is 0 Å². The quantitative estimate of drug-likeness (QED) is 0.282. The molecule has 0 saturated carbocycles. The maximum Gasteiger partial charge on any atom is 0.265 e. The van der Waals surface area contributed by atoms with Crippen molar-refractivity contribution in [2.45, 2.75) is 51.7 Å². The standard InChI is InChI=1S/C27H34N4O6/c1-17-11-18(2)13-20(12-17)16-37-22-7-5-21(6-8-22)27(14-23(32)29-15-24(33)28-4)9-10-31(26(27)35)19(3)25(34)30-36/h5-8,11-13,19,36H,9-10,14-16H2,1-4H3,(H,28,33)(H,29,32)(H,30,34). The highest BCUT2D eigenvalue weighted by atomic mass is 16.5. The summed E-state index contributed by atoms with van der Waals surface area (Å²) in [4.78, 5) is 51.4. The lowest BCUT2D eigenvalue weighted by Gasteiger charge is -2.30. The molecule has 1 saturated heterocycles. The zero-order valence-corrected chi connectivity index (χ0v) is 21.6. The number of amides is 4. The van der Waals surface area contributed by atoms with Crippen molar-refractivity contribution >= 4 is 23.6 Å². The average molecular weight is 511 g/mol. The van der Waals surface area contributed by atoms with Gasteiger partial charge in [0.2, 0.25) is 17.7 Å². The predicted octanol–water partition coefficient (Wildman–Crippen LogP) is 1.50. The molecule has 1 aliphatic heterocycles. The van der Waals surface area contributed by atoms with E-state index in [1.54, 1.807) is 29.7 Å². The number of likely N-dealkylation sites (N-methyl/N-ethyl adjacent to an activating group) is 1. The highest BCUT2D eigenvalue weighted by Gasteiger charge is 2.51. The number of benzene rings is 2. The third kappa shape index (κ3) is 6.45. The highest BCUT2D eigenvalue weighted by Crippen LogP contribution is 2.40. The zero-order valence-electron chi connectivity index (χ0n) is 21.6. The van der Waals surface area contributed by atoms with E-state index >= 15 is 0 Å². The van der Waals surface area contributed by atoms with Gasteiger partial charge in [0, 0.05) is 20.0 Å². The first-order chi connectivity index (χ1) is 17.6. The second kappa shape index (κ2) is 11.9. The van der Waals surface area contributed by atoms with Gasteiger partial charge in [-0.15, -0.1) is 0 Å². The molecule has 2 aromatic rings. The maximum absolute atomic E-state index is 13.7. The molecule has 1 fully saturated rings. The number of carbonyl (C=O) groups is 4. The van der Waals surface area contributed by atoms with E-state index in [1.807, 2.05) is 13.8 Å². The van der Waals surface area contributed by atoms with Gasteiger partial charge < -0.3 is 20.3 Å². The van der Waals surface area contributed by atoms with Gasteiger partial charge in [-0.25, -0.2) is 5.48 Å². The summed E-state index contributed by atoms with van der Waals surface area (Å²) in [7, 11) is 1.46. The number of hydrogen-bond donors (Lipinski definition) is 4. The molecule has 0 spiro atoms. The molecule has 4 N–H and O–H groups in total. The minimum absolute atomic E-state index is 0.199. The minimum atomic E-state index is -1.23. The van der Waals surface area contributed by atoms with Crippen molar-refractivity contribution in [2.75, 3.05) is 20.1 Å². The average Bonchev–Trinajstić information content (AvgIpc) is 3.21. The summed E-state index contributed by atoms with van der Waals surface area (Å²) in [5.74, 6) is -1.34. The number of nitrogens with zero attached hydrogens (tertiary/aromatic N) is 1. The van der Waals surface area contributed by atoms with Gasteiger partial charge in [0.25, 0.3) is 5.91 Å². The van der Waals surface area contributed by atoms with Gasteiger partial charge in [0.15, 0.2) is 0 Å². The van der Waals surface area contributed by atoms with Gasteiger partial charge in [0.05, 0.1) is 12.0 Å². The first-order valence-corrected chi connectivity index (χ1v) is 12.1. The van der Waals surface area contributed by atoms with Crippen LogP contribution in [0.2, 0.25) is 0 Å². The largest absolute Gasteiger partial charge is 0.489 e. The molecule has 0 radical (unpaired) electrons. The molecule has 10 heteroatoms. The molecular formula is C27H34N4O6. The van der Waals surface area contributed by atoms with E-state index in [1.165, 1.54) is 18.9 Å². The van der Waals surface area contributed by atoms with Crippen LogP contribution in [0.5, 0.6) is 5.75 Å². The van der Waals surface area contributed by atoms with E-state index < -0.39 is 29.2 Å². The van der Waals surface area contributed by atoms with Gasteiger partial charge in [0.1, 0.15) is 18.4 Å². The van der Waals surface area contributed by atoms with Crippen molar-refractivity contribution in [1.29, 1.82) is 0 Å². The Morgan fingerprint density at radius 2 is 1.73 bits per heavy atom. The Balaban J connectivity index is 1.83. The van der Waals surface area contributed by atoms with E-state index in [0.29, 0.717) is 17.9 Å². The number of hydroxylamine groups is 1. The molecule has 37 heavy (non-hydrogen) atoms. The molecular weight excluding hydrogens is 476 g/mol. The van der Waals surface area contributed by atoms with Crippen LogP contribution in [0, 0.1) is 13.8 Å². The summed E-state index contributed by atoms with van der Waals surface area (Å²) in [5.41, 5.74) is 4.30. The van der Waals surface area contributed by atoms with Crippen LogP contribution in [0.1, 0.15) is 42.0 Å². The Labute approximate surface area is 216 Å². The Morgan fingerprint density at radius 1 is 1.08 bits per heavy atom. The summed E-state index contributed by atoms with van der Waals surface area (Å²) in [6.45, 7) is 5.97. The third-order valence-corrected chi connectivity index (χ3v) is 6.69. The lowest BCUT2D eigenvalue weighted by atomic mass is 9.75. The normalized spacial score (nSPS) is 17.8. The van der Waals surface area contributed by atoms with Crippen molar-refractivity contribution in [3.63, 3.8) is 0 Å². The lowest BCUT2D eigenvalue weighted by Crippen LogP contribution is -2.49. The predicted molar refractivity (Wildman–Crippen MR) is 136 cm³/mol. The van der Waals surface area contributed by atoms with Crippen molar-refractivity contribution in [3.8, 4) is 5.75 Å². The van der Waals surface area contributed by atoms with Crippen LogP contribution in [-0.4, -0.2) is 59.9 Å². The van der Waals surface area contributed by atoms with Gasteiger partial charge in [-0.3, -0.25) is 24.4 Å². The summed E-state index contributed by atoms with van der Waals surface area (Å²) < 4.78 is 5.94. The van der Waals surface area contributed by atoms with Crippen LogP contribution in [0.15, 0.2) is 42.5 Å². The van der Waals surface area contributed by atoms with Gasteiger partial charge in [-0.2, -0.15) is 0 Å². The first-order valence-electron chi connectivity index (χ1n) is 12.1. The van der Waals surface area contributed by atoms with E-state index in [4.69, 9.17) is 9.94 Å². The Kier molecular flexibility index (Phi) is 8.88. The molecule has 198 valence electrons. The molecule has 1 heterocycles. The van der Waals surface area contributed by atoms with Crippen LogP contribution >= 0.6 is 0 Å². The molecule has 0 aromatic heterocycles. The SMILES string of the molecule is CNC(=O)CNC(=O)CC1(c2ccc(OCc3cc(C)cc(C)c3)cc2)CCN(C(C)C(=O)NO)C1=O. The van der Waals surface area contributed by atoms with E-state index in [2.05, 4.69) is 28.8 Å². The summed E-state index contributed by atoms with van der Waals surface area (Å²) in [6, 6.07) is 12.3. The number of likely N-dealkylation sites (tertiary alicyclic amines) is 1. The van der Waals surface area contributed by atoms with Crippen LogP contribution in [-0.2, 0) is 31.2 Å². The molecule has 3 rings (SSSR count). The number of carbonyl (C=O) groups excluding carboxylic acids is 4. The van der Waals surface area contributed by atoms with Crippen LogP contribution in [0.4, 0.5) is 0 Å². The van der Waals surface area contributed by atoms with Crippen LogP contribution < -0.4 is 20.9 Å². The molecule has 2 atom stereocenters. The number of rotatable bonds is 10. The summed E-state index contributed by atoms with van der Waals surface area (Å²) in [5, 5.41) is 14.0. The van der Waals surface area contributed by atoms with E-state index in [-0.39, 0.29) is 31.8 Å². The number of ether oxygens (including phenoxy) is 1. The smallest absolute Gasteiger partial charge is 0.265 e. The Morgan fingerprint density at radius 3 is 2.32 bits per heavy atom. The Hall–Kier alpha value is -3.92. The second-order valence-electron chi connectivity index (χ2n) is 9.42. The molecule has 0 aliphatic carbocycles. The number of nitrogens with one attached hydrogen (secondary N) is 3. The van der Waals surface area contributed by atoms with Crippen molar-refractivity contribution in [1.82, 2.24) is 21.0 Å². The fourth-order valence-corrected chi connectivity index (χ4v) is 4.73. The molecule has 4 amide bonds. The maximum atomic E-state index is 13.7. The molecule has 0 bridgehead atoms. The molecule has 10 nitrogen and oxygen atoms in total. The first kappa shape index (κ1) is 27.7. The minimum Gasteiger partial charge on any atom is -0.489 e. The van der Waals surface area contributed by atoms with Gasteiger partial charge in [-0.05, 0) is 50.5 Å². The molecule has 1 aliphatic rings. The fraction of sp³-hybridized carbons (Fsp3) is 0.407. The summed E-state index contributed by atoms with van der Waals surface area (Å²) in [6.07, 6.45) is 0.0839. The number of hydrogen-bond acceptors (Lipinski definition) is 6. The van der Waals surface area contributed by atoms with E-state index in [9.17, 15) is 19.2 Å². The summed E-state index contributed by atoms with van der Waals surface area (Å²) >= 11 is 0. The topological polar surface area (TPSA) is 137 Å². The molecule has 2 aromatic carbocycles. The monoisotopic (exact) mass is 510 g/mol. The second-order valence-corrected chi connectivity index (χ2v) is 9.42. The lowest BCUT2D eigenvalue weighted by molar-refractivity contribution is -0.144. The Bertz CT molecular complexity index is 1150. The highest BCUT2D eigenvalue weighted by molar-refractivity contribution is 5.98. The van der Waals surface area contributed by atoms with E-state index in [0.717, 1.165) is 16.7 Å². The van der Waals surface area contributed by atoms with Crippen molar-refractivity contribution in [3.05, 3.63) is 64.7 Å². The van der Waals surface area contributed by atoms with Crippen molar-refractivity contribution in [2.24, 2.45) is 0 Å². The van der Waals surface area contributed by atoms with Crippen LogP contribution in [0.3, 0.4) is 0 Å². The third-order valence-electron chi connectivity index (χ3n) is 6.69. The zero-order chi connectivity index (χ0) is 27.2. The van der Waals surface area contributed by atoms with Crippen LogP contribution in [0.25, 0.3) is 0 Å². The number of aryl methyl sites for hydroxylation is 2. The fourth-order valence-electron chi connectivity index (χ4n) is 4.73. The van der Waals surface area contributed by atoms with Crippen molar-refractivity contribution < 1.29 is 29.1 Å². The van der Waals surface area contributed by atoms with Gasteiger partial charge in [-0.1, -0.05) is 41.5 Å².